The molecule has 0 amide bonds. The predicted octanol–water partition coefficient (Wildman–Crippen LogP) is 3.35. The van der Waals surface area contributed by atoms with Gasteiger partial charge in [0.05, 0.1) is 18.3 Å². The number of hydrogen-bond acceptors (Lipinski definition) is 5. The summed E-state index contributed by atoms with van der Waals surface area (Å²) >= 11 is 1.68. The molecule has 0 bridgehead atoms. The van der Waals surface area contributed by atoms with Crippen molar-refractivity contribution in [3.05, 3.63) is 58.8 Å². The van der Waals surface area contributed by atoms with E-state index < -0.39 is 0 Å². The highest BCUT2D eigenvalue weighted by atomic mass is 32.1. The van der Waals surface area contributed by atoms with Crippen LogP contribution in [0.2, 0.25) is 0 Å². The average molecular weight is 339 g/mol. The SMILES string of the molecule is CO[C@H](Cn1cc(-c2nc(C)n3ccccc23)nn1)c1cccs1. The Balaban J connectivity index is 1.65. The van der Waals surface area contributed by atoms with Crippen LogP contribution in [0.15, 0.2) is 48.1 Å². The lowest BCUT2D eigenvalue weighted by Gasteiger charge is -2.12. The van der Waals surface area contributed by atoms with Gasteiger partial charge in [-0.25, -0.2) is 9.67 Å². The summed E-state index contributed by atoms with van der Waals surface area (Å²) in [4.78, 5) is 5.82. The lowest BCUT2D eigenvalue weighted by molar-refractivity contribution is 0.0869. The number of hydrogen-bond donors (Lipinski definition) is 0. The van der Waals surface area contributed by atoms with E-state index in [0.717, 1.165) is 22.7 Å². The maximum Gasteiger partial charge on any atom is 0.133 e. The molecule has 4 aromatic heterocycles. The highest BCUT2D eigenvalue weighted by Crippen LogP contribution is 2.25. The lowest BCUT2D eigenvalue weighted by Crippen LogP contribution is -2.10. The molecule has 0 fully saturated rings. The molecular weight excluding hydrogens is 322 g/mol. The third-order valence-electron chi connectivity index (χ3n) is 4.00. The Morgan fingerprint density at radius 1 is 1.25 bits per heavy atom. The van der Waals surface area contributed by atoms with Crippen LogP contribution in [-0.4, -0.2) is 31.5 Å². The van der Waals surface area contributed by atoms with Gasteiger partial charge in [-0.05, 0) is 30.5 Å². The zero-order chi connectivity index (χ0) is 16.5. The van der Waals surface area contributed by atoms with Crippen LogP contribution in [0.25, 0.3) is 16.9 Å². The van der Waals surface area contributed by atoms with Crippen LogP contribution in [0.4, 0.5) is 0 Å². The van der Waals surface area contributed by atoms with Crippen molar-refractivity contribution < 1.29 is 4.74 Å². The minimum absolute atomic E-state index is 0.0278. The minimum atomic E-state index is -0.0278. The van der Waals surface area contributed by atoms with Gasteiger partial charge in [0, 0.05) is 18.2 Å². The second-order valence-electron chi connectivity index (χ2n) is 5.53. The number of fused-ring (bicyclic) bond motifs is 1. The van der Waals surface area contributed by atoms with E-state index in [1.165, 1.54) is 4.88 Å². The molecule has 4 heterocycles. The minimum Gasteiger partial charge on any atom is -0.374 e. The second-order valence-corrected chi connectivity index (χ2v) is 6.51. The van der Waals surface area contributed by atoms with Crippen LogP contribution in [0.5, 0.6) is 0 Å². The normalized spacial score (nSPS) is 12.8. The topological polar surface area (TPSA) is 57.2 Å². The highest BCUT2D eigenvalue weighted by molar-refractivity contribution is 7.10. The largest absolute Gasteiger partial charge is 0.374 e. The fraction of sp³-hybridized carbons (Fsp3) is 0.235. The molecule has 24 heavy (non-hydrogen) atoms. The number of aromatic nitrogens is 5. The van der Waals surface area contributed by atoms with Gasteiger partial charge >= 0.3 is 0 Å². The Kier molecular flexibility index (Phi) is 3.87. The quantitative estimate of drug-likeness (QED) is 0.559. The van der Waals surface area contributed by atoms with Crippen LogP contribution in [0.3, 0.4) is 0 Å². The molecule has 0 aliphatic rings. The van der Waals surface area contributed by atoms with Crippen molar-refractivity contribution in [2.24, 2.45) is 0 Å². The molecule has 0 radical (unpaired) electrons. The van der Waals surface area contributed by atoms with Gasteiger partial charge in [0.25, 0.3) is 0 Å². The number of ether oxygens (including phenoxy) is 1. The van der Waals surface area contributed by atoms with Gasteiger partial charge in [-0.2, -0.15) is 0 Å². The lowest BCUT2D eigenvalue weighted by atomic mass is 10.2. The number of thiophene rings is 1. The van der Waals surface area contributed by atoms with E-state index in [1.54, 1.807) is 18.4 Å². The Morgan fingerprint density at radius 2 is 2.17 bits per heavy atom. The van der Waals surface area contributed by atoms with Crippen molar-refractivity contribution in [1.29, 1.82) is 0 Å². The van der Waals surface area contributed by atoms with E-state index in [1.807, 2.05) is 53.6 Å². The van der Waals surface area contributed by atoms with Gasteiger partial charge < -0.3 is 9.14 Å². The first-order valence-electron chi connectivity index (χ1n) is 7.66. The Labute approximate surface area is 143 Å². The highest BCUT2D eigenvalue weighted by Gasteiger charge is 2.16. The fourth-order valence-corrected chi connectivity index (χ4v) is 3.59. The standard InChI is InChI=1S/C17H17N5OS/c1-12-18-17(14-6-3-4-8-22(12)14)13-10-21(20-19-13)11-15(23-2)16-7-5-9-24-16/h3-10,15H,11H2,1-2H3/t15-/m1/s1. The first kappa shape index (κ1) is 15.0. The Morgan fingerprint density at radius 3 is 2.96 bits per heavy atom. The smallest absolute Gasteiger partial charge is 0.133 e. The molecule has 4 rings (SSSR count). The maximum atomic E-state index is 5.59. The molecule has 0 aromatic carbocycles. The van der Waals surface area contributed by atoms with Crippen molar-refractivity contribution >= 4 is 16.9 Å². The summed E-state index contributed by atoms with van der Waals surface area (Å²) in [6, 6.07) is 10.1. The molecule has 0 N–H and O–H groups in total. The van der Waals surface area contributed by atoms with Gasteiger partial charge in [0.2, 0.25) is 0 Å². The van der Waals surface area contributed by atoms with E-state index in [9.17, 15) is 0 Å². The van der Waals surface area contributed by atoms with Crippen molar-refractivity contribution in [2.45, 2.75) is 19.6 Å². The summed E-state index contributed by atoms with van der Waals surface area (Å²) in [6.07, 6.45) is 3.90. The van der Waals surface area contributed by atoms with Crippen LogP contribution in [0.1, 0.15) is 16.8 Å². The van der Waals surface area contributed by atoms with Gasteiger partial charge in [-0.1, -0.05) is 17.3 Å². The third kappa shape index (κ3) is 2.61. The van der Waals surface area contributed by atoms with E-state index in [-0.39, 0.29) is 6.10 Å². The first-order valence-corrected chi connectivity index (χ1v) is 8.54. The Bertz CT molecular complexity index is 957. The van der Waals surface area contributed by atoms with Crippen molar-refractivity contribution in [3.8, 4) is 11.4 Å². The van der Waals surface area contributed by atoms with Crippen molar-refractivity contribution in [2.75, 3.05) is 7.11 Å². The molecule has 0 saturated carbocycles. The van der Waals surface area contributed by atoms with Crippen molar-refractivity contribution in [1.82, 2.24) is 24.4 Å². The second kappa shape index (κ2) is 6.18. The summed E-state index contributed by atoms with van der Waals surface area (Å²) in [5, 5.41) is 10.6. The molecule has 122 valence electrons. The molecule has 0 unspecified atom stereocenters. The number of imidazole rings is 1. The number of rotatable bonds is 5. The number of pyridine rings is 1. The van der Waals surface area contributed by atoms with Crippen LogP contribution in [0, 0.1) is 6.92 Å². The summed E-state index contributed by atoms with van der Waals surface area (Å²) in [5.41, 5.74) is 2.65. The number of aryl methyl sites for hydroxylation is 1. The maximum absolute atomic E-state index is 5.59. The summed E-state index contributed by atoms with van der Waals surface area (Å²) in [5.74, 6) is 0.934. The third-order valence-corrected chi connectivity index (χ3v) is 4.97. The van der Waals surface area contributed by atoms with Crippen LogP contribution < -0.4 is 0 Å². The molecule has 7 heteroatoms. The van der Waals surface area contributed by atoms with E-state index in [2.05, 4.69) is 25.8 Å². The Hall–Kier alpha value is -2.51. The molecule has 0 aliphatic heterocycles. The summed E-state index contributed by atoms with van der Waals surface area (Å²) < 4.78 is 9.46. The molecule has 0 saturated heterocycles. The van der Waals surface area contributed by atoms with Crippen LogP contribution >= 0.6 is 11.3 Å². The zero-order valence-electron chi connectivity index (χ0n) is 13.5. The van der Waals surface area contributed by atoms with Gasteiger partial charge in [-0.3, -0.25) is 0 Å². The molecule has 0 spiro atoms. The van der Waals surface area contributed by atoms with Crippen LogP contribution in [-0.2, 0) is 11.3 Å². The van der Waals surface area contributed by atoms with E-state index in [4.69, 9.17) is 4.74 Å². The van der Waals surface area contributed by atoms with E-state index >= 15 is 0 Å². The monoisotopic (exact) mass is 339 g/mol. The van der Waals surface area contributed by atoms with Gasteiger partial charge in [-0.15, -0.1) is 16.4 Å². The van der Waals surface area contributed by atoms with Crippen molar-refractivity contribution in [3.63, 3.8) is 0 Å². The molecule has 4 aromatic rings. The first-order chi connectivity index (χ1) is 11.8. The summed E-state index contributed by atoms with van der Waals surface area (Å²) in [7, 11) is 1.72. The van der Waals surface area contributed by atoms with E-state index in [0.29, 0.717) is 6.54 Å². The fourth-order valence-electron chi connectivity index (χ4n) is 2.80. The summed E-state index contributed by atoms with van der Waals surface area (Å²) in [6.45, 7) is 2.60. The number of methoxy groups -OCH3 is 1. The molecule has 6 nitrogen and oxygen atoms in total. The molecule has 1 atom stereocenters. The number of nitrogens with zero attached hydrogens (tertiary/aromatic N) is 5. The molecule has 0 aliphatic carbocycles. The predicted molar refractivity (Wildman–Crippen MR) is 93.0 cm³/mol. The average Bonchev–Trinajstić information content (AvgIpc) is 3.33. The van der Waals surface area contributed by atoms with Gasteiger partial charge in [0.1, 0.15) is 23.3 Å². The molecular formula is C17H17N5OS. The zero-order valence-corrected chi connectivity index (χ0v) is 14.3. The van der Waals surface area contributed by atoms with Gasteiger partial charge in [0.15, 0.2) is 0 Å².